The number of amides is 1. The van der Waals surface area contributed by atoms with Crippen LogP contribution >= 0.6 is 12.4 Å². The summed E-state index contributed by atoms with van der Waals surface area (Å²) in [6, 6.07) is 4.28. The van der Waals surface area contributed by atoms with E-state index >= 15 is 0 Å². The van der Waals surface area contributed by atoms with E-state index in [0.717, 1.165) is 25.0 Å². The van der Waals surface area contributed by atoms with E-state index in [1.54, 1.807) is 7.05 Å². The van der Waals surface area contributed by atoms with Crippen LogP contribution in [0.4, 0.5) is 13.2 Å². The third kappa shape index (κ3) is 6.34. The number of aliphatic hydroxyl groups is 1. The third-order valence-corrected chi connectivity index (χ3v) is 4.31. The zero-order chi connectivity index (χ0) is 18.6. The molecule has 1 amide bonds. The predicted octanol–water partition coefficient (Wildman–Crippen LogP) is 2.45. The smallest absolute Gasteiger partial charge is 0.416 e. The molecule has 0 aromatic heterocycles. The minimum atomic E-state index is -4.40. The first-order chi connectivity index (χ1) is 11.7. The van der Waals surface area contributed by atoms with Crippen LogP contribution in [0.1, 0.15) is 24.8 Å². The average Bonchev–Trinajstić information content (AvgIpc) is 2.98. The van der Waals surface area contributed by atoms with Crippen molar-refractivity contribution >= 4 is 18.3 Å². The van der Waals surface area contributed by atoms with Gasteiger partial charge in [-0.2, -0.15) is 13.2 Å². The van der Waals surface area contributed by atoms with Crippen molar-refractivity contribution in [2.45, 2.75) is 37.6 Å². The van der Waals surface area contributed by atoms with E-state index in [4.69, 9.17) is 10.5 Å². The fourth-order valence-electron chi connectivity index (χ4n) is 2.94. The monoisotopic (exact) mass is 396 g/mol. The van der Waals surface area contributed by atoms with Gasteiger partial charge in [-0.1, -0.05) is 0 Å². The van der Waals surface area contributed by atoms with Crippen molar-refractivity contribution in [2.75, 3.05) is 20.2 Å². The number of aliphatic hydroxyl groups excluding tert-OH is 1. The van der Waals surface area contributed by atoms with Crippen LogP contribution in [0.15, 0.2) is 24.3 Å². The first-order valence-electron chi connectivity index (χ1n) is 8.15. The Morgan fingerprint density at radius 2 is 1.96 bits per heavy atom. The lowest BCUT2D eigenvalue weighted by molar-refractivity contribution is -0.137. The van der Waals surface area contributed by atoms with Gasteiger partial charge in [0.1, 0.15) is 18.5 Å². The van der Waals surface area contributed by atoms with Gasteiger partial charge in [0.25, 0.3) is 0 Å². The summed E-state index contributed by atoms with van der Waals surface area (Å²) in [4.78, 5) is 13.7. The number of hydrogen-bond acceptors (Lipinski definition) is 4. The van der Waals surface area contributed by atoms with Crippen molar-refractivity contribution in [3.05, 3.63) is 29.8 Å². The summed E-state index contributed by atoms with van der Waals surface area (Å²) in [6.07, 6.45) is -3.11. The Morgan fingerprint density at radius 3 is 2.46 bits per heavy atom. The van der Waals surface area contributed by atoms with Crippen molar-refractivity contribution in [2.24, 2.45) is 11.7 Å². The Morgan fingerprint density at radius 1 is 1.35 bits per heavy atom. The van der Waals surface area contributed by atoms with Gasteiger partial charge in [-0.05, 0) is 43.5 Å². The van der Waals surface area contributed by atoms with Gasteiger partial charge in [-0.25, -0.2) is 0 Å². The van der Waals surface area contributed by atoms with Gasteiger partial charge in [-0.3, -0.25) is 4.79 Å². The summed E-state index contributed by atoms with van der Waals surface area (Å²) < 4.78 is 42.7. The predicted molar refractivity (Wildman–Crippen MR) is 93.1 cm³/mol. The molecule has 0 radical (unpaired) electrons. The molecule has 0 aliphatic heterocycles. The highest BCUT2D eigenvalue weighted by Gasteiger charge is 2.31. The largest absolute Gasteiger partial charge is 0.491 e. The Hall–Kier alpha value is -1.51. The molecule has 148 valence electrons. The summed E-state index contributed by atoms with van der Waals surface area (Å²) >= 11 is 0. The molecule has 5 nitrogen and oxygen atoms in total. The zero-order valence-corrected chi connectivity index (χ0v) is 15.2. The lowest BCUT2D eigenvalue weighted by atomic mass is 10.1. The Kier molecular flexibility index (Phi) is 8.17. The first kappa shape index (κ1) is 22.5. The van der Waals surface area contributed by atoms with Crippen LogP contribution in [0.5, 0.6) is 5.75 Å². The molecular formula is C17H24ClF3N2O3. The maximum absolute atomic E-state index is 12.5. The van der Waals surface area contributed by atoms with Crippen molar-refractivity contribution < 1.29 is 27.8 Å². The van der Waals surface area contributed by atoms with Crippen LogP contribution in [-0.2, 0) is 11.0 Å². The molecular weight excluding hydrogens is 373 g/mol. The minimum Gasteiger partial charge on any atom is -0.491 e. The molecule has 2 rings (SSSR count). The van der Waals surface area contributed by atoms with Crippen LogP contribution in [0.25, 0.3) is 0 Å². The average molecular weight is 397 g/mol. The first-order valence-corrected chi connectivity index (χ1v) is 8.15. The molecule has 1 aromatic rings. The molecule has 3 unspecified atom stereocenters. The van der Waals surface area contributed by atoms with E-state index < -0.39 is 17.8 Å². The Labute approximate surface area is 156 Å². The Balaban J connectivity index is 0.00000338. The van der Waals surface area contributed by atoms with Crippen LogP contribution in [0, 0.1) is 5.92 Å². The van der Waals surface area contributed by atoms with E-state index in [0.29, 0.717) is 6.42 Å². The summed E-state index contributed by atoms with van der Waals surface area (Å²) in [5.74, 6) is 0.0624. The molecule has 3 atom stereocenters. The SMILES string of the molecule is CN(CC(O)COc1ccc(C(F)(F)F)cc1)C(=O)C1CCC(N)C1.Cl. The molecule has 26 heavy (non-hydrogen) atoms. The molecule has 0 bridgehead atoms. The van der Waals surface area contributed by atoms with Crippen LogP contribution in [-0.4, -0.2) is 48.3 Å². The molecule has 0 saturated heterocycles. The second kappa shape index (κ2) is 9.43. The Bertz CT molecular complexity index is 584. The van der Waals surface area contributed by atoms with E-state index in [-0.39, 0.29) is 49.2 Å². The van der Waals surface area contributed by atoms with Crippen molar-refractivity contribution in [1.29, 1.82) is 0 Å². The number of carbonyl (C=O) groups is 1. The van der Waals surface area contributed by atoms with E-state index in [1.807, 2.05) is 0 Å². The number of hydrogen-bond donors (Lipinski definition) is 2. The molecule has 1 aliphatic rings. The van der Waals surface area contributed by atoms with Crippen molar-refractivity contribution in [3.63, 3.8) is 0 Å². The summed E-state index contributed by atoms with van der Waals surface area (Å²) in [5, 5.41) is 9.98. The number of halogens is 4. The topological polar surface area (TPSA) is 75.8 Å². The number of nitrogens with two attached hydrogens (primary N) is 1. The van der Waals surface area contributed by atoms with Gasteiger partial charge < -0.3 is 20.5 Å². The van der Waals surface area contributed by atoms with Gasteiger partial charge in [0.2, 0.25) is 5.91 Å². The number of benzene rings is 1. The number of ether oxygens (including phenoxy) is 1. The summed E-state index contributed by atoms with van der Waals surface area (Å²) in [5.41, 5.74) is 5.04. The molecule has 1 saturated carbocycles. The molecule has 1 aromatic carbocycles. The molecule has 9 heteroatoms. The summed E-state index contributed by atoms with van der Waals surface area (Å²) in [6.45, 7) is -0.0294. The van der Waals surface area contributed by atoms with E-state index in [2.05, 4.69) is 0 Å². The quantitative estimate of drug-likeness (QED) is 0.774. The van der Waals surface area contributed by atoms with Crippen molar-refractivity contribution in [3.8, 4) is 5.75 Å². The van der Waals surface area contributed by atoms with E-state index in [1.165, 1.54) is 17.0 Å². The summed E-state index contributed by atoms with van der Waals surface area (Å²) in [7, 11) is 1.60. The van der Waals surface area contributed by atoms with Crippen LogP contribution < -0.4 is 10.5 Å². The number of alkyl halides is 3. The van der Waals surface area contributed by atoms with Crippen LogP contribution in [0.3, 0.4) is 0 Å². The van der Waals surface area contributed by atoms with Gasteiger partial charge in [-0.15, -0.1) is 12.4 Å². The number of likely N-dealkylation sites (N-methyl/N-ethyl adjacent to an activating group) is 1. The van der Waals surface area contributed by atoms with Gasteiger partial charge in [0.15, 0.2) is 0 Å². The number of nitrogens with zero attached hydrogens (tertiary/aromatic N) is 1. The maximum atomic E-state index is 12.5. The minimum absolute atomic E-state index is 0. The van der Waals surface area contributed by atoms with Crippen LogP contribution in [0.2, 0.25) is 0 Å². The third-order valence-electron chi connectivity index (χ3n) is 4.31. The highest BCUT2D eigenvalue weighted by atomic mass is 35.5. The molecule has 0 spiro atoms. The molecule has 1 fully saturated rings. The van der Waals surface area contributed by atoms with Gasteiger partial charge in [0.05, 0.1) is 5.56 Å². The second-order valence-electron chi connectivity index (χ2n) is 6.48. The standard InChI is InChI=1S/C17H23F3N2O3.ClH/c1-22(16(24)11-2-5-13(21)8-11)9-14(23)10-25-15-6-3-12(4-7-15)17(18,19)20;/h3-4,6-7,11,13-14,23H,2,5,8-10,21H2,1H3;1H. The number of carbonyl (C=O) groups excluding carboxylic acids is 1. The molecule has 0 heterocycles. The second-order valence-corrected chi connectivity index (χ2v) is 6.48. The maximum Gasteiger partial charge on any atom is 0.416 e. The fourth-order valence-corrected chi connectivity index (χ4v) is 2.94. The lowest BCUT2D eigenvalue weighted by Crippen LogP contribution is -2.39. The normalized spacial score (nSPS) is 21.0. The van der Waals surface area contributed by atoms with Gasteiger partial charge in [0, 0.05) is 25.6 Å². The van der Waals surface area contributed by atoms with Crippen molar-refractivity contribution in [1.82, 2.24) is 4.90 Å². The highest BCUT2D eigenvalue weighted by molar-refractivity contribution is 5.85. The fraction of sp³-hybridized carbons (Fsp3) is 0.588. The highest BCUT2D eigenvalue weighted by Crippen LogP contribution is 2.30. The molecule has 3 N–H and O–H groups in total. The lowest BCUT2D eigenvalue weighted by Gasteiger charge is -2.24. The van der Waals surface area contributed by atoms with Gasteiger partial charge >= 0.3 is 6.18 Å². The number of rotatable bonds is 6. The molecule has 1 aliphatic carbocycles. The van der Waals surface area contributed by atoms with E-state index in [9.17, 15) is 23.1 Å². The zero-order valence-electron chi connectivity index (χ0n) is 14.4.